The number of hydrogen-bond acceptors (Lipinski definition) is 3. The maximum absolute atomic E-state index is 14.1. The molecule has 0 fully saturated rings. The van der Waals surface area contributed by atoms with Crippen molar-refractivity contribution in [3.05, 3.63) is 64.2 Å². The van der Waals surface area contributed by atoms with Crippen LogP contribution in [0.3, 0.4) is 0 Å². The number of hydrogen-bond donors (Lipinski definition) is 2. The monoisotopic (exact) mass is 312 g/mol. The van der Waals surface area contributed by atoms with Crippen LogP contribution >= 0.6 is 11.6 Å². The average molecular weight is 313 g/mol. The van der Waals surface area contributed by atoms with Crippen LogP contribution in [-0.4, -0.2) is 7.11 Å². The second-order valence-corrected chi connectivity index (χ2v) is 4.95. The number of nitrogens with one attached hydrogen (secondary N) is 1. The quantitative estimate of drug-likeness (QED) is 0.657. The van der Waals surface area contributed by atoms with Crippen molar-refractivity contribution in [3.63, 3.8) is 0 Å². The molecule has 0 saturated carbocycles. The molecule has 1 atom stereocenters. The van der Waals surface area contributed by atoms with E-state index in [1.807, 2.05) is 0 Å². The molecule has 21 heavy (non-hydrogen) atoms. The van der Waals surface area contributed by atoms with E-state index in [0.717, 1.165) is 0 Å². The van der Waals surface area contributed by atoms with E-state index in [-0.39, 0.29) is 12.0 Å². The molecule has 1 unspecified atom stereocenters. The van der Waals surface area contributed by atoms with Gasteiger partial charge in [0.05, 0.1) is 13.2 Å². The summed E-state index contributed by atoms with van der Waals surface area (Å²) >= 11 is 5.86. The van der Waals surface area contributed by atoms with Gasteiger partial charge in [0.25, 0.3) is 0 Å². The molecule has 3 N–H and O–H groups in total. The molecule has 0 spiro atoms. The van der Waals surface area contributed by atoms with Crippen molar-refractivity contribution in [2.75, 3.05) is 7.11 Å². The van der Waals surface area contributed by atoms with E-state index in [9.17, 15) is 8.78 Å². The van der Waals surface area contributed by atoms with Gasteiger partial charge >= 0.3 is 0 Å². The van der Waals surface area contributed by atoms with Crippen LogP contribution in [0.1, 0.15) is 17.2 Å². The minimum Gasteiger partial charge on any atom is -0.496 e. The first-order valence-corrected chi connectivity index (χ1v) is 6.67. The summed E-state index contributed by atoms with van der Waals surface area (Å²) in [5.74, 6) is 4.96. The first kappa shape index (κ1) is 15.7. The molecule has 0 saturated heterocycles. The van der Waals surface area contributed by atoms with Crippen LogP contribution in [0.4, 0.5) is 8.78 Å². The van der Waals surface area contributed by atoms with E-state index in [1.165, 1.54) is 37.4 Å². The molecule has 0 aromatic heterocycles. The Morgan fingerprint density at radius 2 is 2.00 bits per heavy atom. The fraction of sp³-hybridized carbons (Fsp3) is 0.200. The van der Waals surface area contributed by atoms with Crippen molar-refractivity contribution < 1.29 is 13.5 Å². The summed E-state index contributed by atoms with van der Waals surface area (Å²) < 4.78 is 33.0. The lowest BCUT2D eigenvalue weighted by atomic mass is 9.97. The zero-order valence-electron chi connectivity index (χ0n) is 11.4. The molecule has 2 aromatic carbocycles. The Morgan fingerprint density at radius 3 is 2.67 bits per heavy atom. The van der Waals surface area contributed by atoms with Crippen LogP contribution in [0.5, 0.6) is 5.75 Å². The predicted molar refractivity (Wildman–Crippen MR) is 78.1 cm³/mol. The number of halogens is 3. The number of rotatable bonds is 5. The van der Waals surface area contributed by atoms with Gasteiger partial charge in [0.2, 0.25) is 0 Å². The van der Waals surface area contributed by atoms with Crippen molar-refractivity contribution >= 4 is 11.6 Å². The summed E-state index contributed by atoms with van der Waals surface area (Å²) in [7, 11) is 1.44. The van der Waals surface area contributed by atoms with Crippen molar-refractivity contribution in [1.29, 1.82) is 0 Å². The van der Waals surface area contributed by atoms with Gasteiger partial charge in [-0.1, -0.05) is 17.7 Å². The summed E-state index contributed by atoms with van der Waals surface area (Å²) in [5, 5.41) is 0.405. The first-order valence-electron chi connectivity index (χ1n) is 6.29. The van der Waals surface area contributed by atoms with Crippen LogP contribution in [0.15, 0.2) is 36.4 Å². The molecule has 112 valence electrons. The van der Waals surface area contributed by atoms with Gasteiger partial charge in [-0.15, -0.1) is 0 Å². The summed E-state index contributed by atoms with van der Waals surface area (Å²) in [6.07, 6.45) is 0.139. The molecular weight excluding hydrogens is 298 g/mol. The number of methoxy groups -OCH3 is 1. The van der Waals surface area contributed by atoms with Gasteiger partial charge in [-0.3, -0.25) is 11.3 Å². The highest BCUT2D eigenvalue weighted by molar-refractivity contribution is 6.30. The summed E-state index contributed by atoms with van der Waals surface area (Å²) in [4.78, 5) is 0. The van der Waals surface area contributed by atoms with Crippen molar-refractivity contribution in [1.82, 2.24) is 5.43 Å². The zero-order valence-corrected chi connectivity index (χ0v) is 12.1. The van der Waals surface area contributed by atoms with Crippen LogP contribution in [0, 0.1) is 11.6 Å². The normalized spacial score (nSPS) is 12.2. The van der Waals surface area contributed by atoms with Gasteiger partial charge < -0.3 is 4.74 Å². The second kappa shape index (κ2) is 6.85. The Bertz CT molecular complexity index is 637. The summed E-state index contributed by atoms with van der Waals surface area (Å²) in [5.41, 5.74) is 3.09. The number of hydrazine groups is 1. The SMILES string of the molecule is COc1cccc(F)c1C(Cc1cc(Cl)ccc1F)NN. The maximum atomic E-state index is 14.1. The average Bonchev–Trinajstić information content (AvgIpc) is 2.48. The zero-order chi connectivity index (χ0) is 15.4. The van der Waals surface area contributed by atoms with Crippen molar-refractivity contribution in [2.24, 2.45) is 5.84 Å². The Morgan fingerprint density at radius 1 is 1.24 bits per heavy atom. The van der Waals surface area contributed by atoms with E-state index in [0.29, 0.717) is 16.3 Å². The molecule has 0 bridgehead atoms. The lowest BCUT2D eigenvalue weighted by Gasteiger charge is -2.20. The van der Waals surface area contributed by atoms with Crippen LogP contribution in [0.25, 0.3) is 0 Å². The molecule has 0 aliphatic heterocycles. The Hall–Kier alpha value is -1.69. The van der Waals surface area contributed by atoms with Gasteiger partial charge in [0, 0.05) is 10.6 Å². The van der Waals surface area contributed by atoms with E-state index < -0.39 is 17.7 Å². The van der Waals surface area contributed by atoms with Gasteiger partial charge in [-0.2, -0.15) is 0 Å². The minimum absolute atomic E-state index is 0.139. The van der Waals surface area contributed by atoms with Gasteiger partial charge in [0.15, 0.2) is 0 Å². The Labute approximate surface area is 126 Å². The largest absolute Gasteiger partial charge is 0.496 e. The molecule has 0 aliphatic rings. The number of ether oxygens (including phenoxy) is 1. The Kier molecular flexibility index (Phi) is 5.12. The van der Waals surface area contributed by atoms with E-state index >= 15 is 0 Å². The number of benzene rings is 2. The summed E-state index contributed by atoms with van der Waals surface area (Å²) in [6, 6.07) is 8.03. The lowest BCUT2D eigenvalue weighted by molar-refractivity contribution is 0.389. The minimum atomic E-state index is -0.644. The van der Waals surface area contributed by atoms with E-state index in [1.54, 1.807) is 6.07 Å². The van der Waals surface area contributed by atoms with Gasteiger partial charge in [0.1, 0.15) is 17.4 Å². The molecule has 0 radical (unpaired) electrons. The Balaban J connectivity index is 2.39. The van der Waals surface area contributed by atoms with Crippen molar-refractivity contribution in [2.45, 2.75) is 12.5 Å². The summed E-state index contributed by atoms with van der Waals surface area (Å²) in [6.45, 7) is 0. The maximum Gasteiger partial charge on any atom is 0.131 e. The van der Waals surface area contributed by atoms with E-state index in [4.69, 9.17) is 22.2 Å². The number of nitrogens with two attached hydrogens (primary N) is 1. The molecule has 0 heterocycles. The highest BCUT2D eigenvalue weighted by Crippen LogP contribution is 2.30. The van der Waals surface area contributed by atoms with Crippen LogP contribution in [0.2, 0.25) is 5.02 Å². The van der Waals surface area contributed by atoms with Crippen molar-refractivity contribution in [3.8, 4) is 5.75 Å². The molecule has 2 aromatic rings. The van der Waals surface area contributed by atoms with Crippen LogP contribution in [-0.2, 0) is 6.42 Å². The molecule has 3 nitrogen and oxygen atoms in total. The first-order chi connectivity index (χ1) is 10.1. The van der Waals surface area contributed by atoms with Gasteiger partial charge in [-0.05, 0) is 42.3 Å². The fourth-order valence-electron chi connectivity index (χ4n) is 2.20. The second-order valence-electron chi connectivity index (χ2n) is 4.51. The fourth-order valence-corrected chi connectivity index (χ4v) is 2.39. The third-order valence-electron chi connectivity index (χ3n) is 3.21. The topological polar surface area (TPSA) is 47.3 Å². The van der Waals surface area contributed by atoms with Gasteiger partial charge in [-0.25, -0.2) is 8.78 Å². The third kappa shape index (κ3) is 3.50. The standard InChI is InChI=1S/C15H15ClF2N2O/c1-21-14-4-2-3-12(18)15(14)13(20-19)8-9-7-10(16)5-6-11(9)17/h2-7,13,20H,8,19H2,1H3. The molecule has 0 aliphatic carbocycles. The lowest BCUT2D eigenvalue weighted by Crippen LogP contribution is -2.31. The molecule has 6 heteroatoms. The van der Waals surface area contributed by atoms with E-state index in [2.05, 4.69) is 5.43 Å². The molecule has 2 rings (SSSR count). The van der Waals surface area contributed by atoms with Crippen LogP contribution < -0.4 is 16.0 Å². The third-order valence-corrected chi connectivity index (χ3v) is 3.45. The highest BCUT2D eigenvalue weighted by atomic mass is 35.5. The molecule has 0 amide bonds. The predicted octanol–water partition coefficient (Wildman–Crippen LogP) is 3.37. The smallest absolute Gasteiger partial charge is 0.131 e. The highest BCUT2D eigenvalue weighted by Gasteiger charge is 2.21. The molecular formula is C15H15ClF2N2O.